The molecule has 39 heavy (non-hydrogen) atoms. The monoisotopic (exact) mass is 538 g/mol. The predicted molar refractivity (Wildman–Crippen MR) is 150 cm³/mol. The maximum absolute atomic E-state index is 13.6. The van der Waals surface area contributed by atoms with Crippen molar-refractivity contribution >= 4 is 11.9 Å². The summed E-state index contributed by atoms with van der Waals surface area (Å²) in [5, 5.41) is 10.5. The van der Waals surface area contributed by atoms with E-state index >= 15 is 0 Å². The smallest absolute Gasteiger partial charge is 0.308 e. The summed E-state index contributed by atoms with van der Waals surface area (Å²) in [5.74, 6) is -0.948. The molecule has 0 bridgehead atoms. The number of unbranched alkanes of at least 4 members (excludes halogenated alkanes) is 2. The molecular formula is C30H42N4O5. The van der Waals surface area contributed by atoms with Gasteiger partial charge in [0.15, 0.2) is 0 Å². The molecule has 212 valence electrons. The average molecular weight is 539 g/mol. The molecule has 2 aromatic rings. The zero-order chi connectivity index (χ0) is 27.8. The number of rotatable bonds is 14. The number of fused-ring (bicyclic) bond motifs is 1. The summed E-state index contributed by atoms with van der Waals surface area (Å²) < 4.78 is 7.28. The number of carboxylic acid groups (broad SMARTS) is 1. The fourth-order valence-corrected chi connectivity index (χ4v) is 5.98. The highest BCUT2D eigenvalue weighted by Gasteiger charge is 2.47. The van der Waals surface area contributed by atoms with Crippen LogP contribution in [0.2, 0.25) is 0 Å². The predicted octanol–water partition coefficient (Wildman–Crippen LogP) is 2.71. The summed E-state index contributed by atoms with van der Waals surface area (Å²) in [6.45, 7) is 5.71. The average Bonchev–Trinajstić information content (AvgIpc) is 3.54. The van der Waals surface area contributed by atoms with Crippen LogP contribution < -0.4 is 16.0 Å². The third-order valence-corrected chi connectivity index (χ3v) is 8.09. The molecule has 1 fully saturated rings. The van der Waals surface area contributed by atoms with Gasteiger partial charge < -0.3 is 25.0 Å². The molecule has 9 nitrogen and oxygen atoms in total. The first kappa shape index (κ1) is 28.8. The molecule has 0 aliphatic carbocycles. The van der Waals surface area contributed by atoms with Crippen LogP contribution in [0.15, 0.2) is 47.4 Å². The van der Waals surface area contributed by atoms with Crippen molar-refractivity contribution in [1.29, 1.82) is 0 Å². The Morgan fingerprint density at radius 3 is 2.72 bits per heavy atom. The van der Waals surface area contributed by atoms with Gasteiger partial charge in [0.2, 0.25) is 11.5 Å². The van der Waals surface area contributed by atoms with Crippen LogP contribution in [0.25, 0.3) is 0 Å². The molecule has 2 aliphatic heterocycles. The molecule has 4 rings (SSSR count). The number of likely N-dealkylation sites (tertiary alicyclic amines) is 1. The van der Waals surface area contributed by atoms with E-state index in [0.29, 0.717) is 45.8 Å². The van der Waals surface area contributed by atoms with Crippen molar-refractivity contribution in [3.63, 3.8) is 0 Å². The number of nitrogens with two attached hydrogens (primary N) is 1. The van der Waals surface area contributed by atoms with Crippen LogP contribution in [-0.2, 0) is 22.6 Å². The minimum absolute atomic E-state index is 0.0227. The van der Waals surface area contributed by atoms with Crippen LogP contribution in [0.5, 0.6) is 5.75 Å². The van der Waals surface area contributed by atoms with Gasteiger partial charge in [0.05, 0.1) is 19.1 Å². The molecule has 0 radical (unpaired) electrons. The van der Waals surface area contributed by atoms with Crippen LogP contribution in [0.1, 0.15) is 56.1 Å². The Bertz CT molecular complexity index is 1180. The van der Waals surface area contributed by atoms with E-state index in [0.717, 1.165) is 49.0 Å². The van der Waals surface area contributed by atoms with Crippen molar-refractivity contribution in [1.82, 2.24) is 14.4 Å². The quantitative estimate of drug-likeness (QED) is 0.355. The van der Waals surface area contributed by atoms with E-state index in [1.165, 1.54) is 6.07 Å². The van der Waals surface area contributed by atoms with Gasteiger partial charge in [-0.25, -0.2) is 0 Å². The van der Waals surface area contributed by atoms with Gasteiger partial charge in [0.25, 0.3) is 0 Å². The normalized spacial score (nSPS) is 20.5. The Morgan fingerprint density at radius 1 is 1.15 bits per heavy atom. The minimum Gasteiger partial charge on any atom is -0.493 e. The van der Waals surface area contributed by atoms with Gasteiger partial charge in [0.1, 0.15) is 5.75 Å². The molecule has 1 unspecified atom stereocenters. The Balaban J connectivity index is 1.59. The first-order valence-corrected chi connectivity index (χ1v) is 14.3. The zero-order valence-corrected chi connectivity index (χ0v) is 23.0. The lowest BCUT2D eigenvalue weighted by atomic mass is 9.83. The molecule has 2 aliphatic rings. The molecule has 1 aromatic heterocycles. The summed E-state index contributed by atoms with van der Waals surface area (Å²) >= 11 is 0. The zero-order valence-electron chi connectivity index (χ0n) is 23.0. The maximum Gasteiger partial charge on any atom is 0.308 e. The number of ether oxygens (including phenoxy) is 1. The number of hydrogen-bond acceptors (Lipinski definition) is 6. The highest BCUT2D eigenvalue weighted by molar-refractivity contribution is 5.79. The number of aromatic nitrogens is 1. The van der Waals surface area contributed by atoms with E-state index in [9.17, 15) is 19.5 Å². The van der Waals surface area contributed by atoms with Crippen molar-refractivity contribution in [2.24, 2.45) is 11.7 Å². The number of benzene rings is 1. The van der Waals surface area contributed by atoms with Gasteiger partial charge in [0, 0.05) is 56.8 Å². The molecule has 1 aromatic carbocycles. The van der Waals surface area contributed by atoms with Crippen LogP contribution in [0, 0.1) is 5.92 Å². The molecule has 0 spiro atoms. The van der Waals surface area contributed by atoms with Crippen molar-refractivity contribution in [2.45, 2.75) is 64.0 Å². The number of aryl methyl sites for hydroxylation is 1. The lowest BCUT2D eigenvalue weighted by Gasteiger charge is -2.30. The third-order valence-electron chi connectivity index (χ3n) is 8.09. The van der Waals surface area contributed by atoms with Crippen molar-refractivity contribution in [3.05, 3.63) is 64.1 Å². The van der Waals surface area contributed by atoms with E-state index < -0.39 is 11.9 Å². The van der Waals surface area contributed by atoms with Crippen molar-refractivity contribution in [2.75, 3.05) is 39.3 Å². The van der Waals surface area contributed by atoms with E-state index in [4.69, 9.17) is 10.5 Å². The third kappa shape index (κ3) is 7.08. The lowest BCUT2D eigenvalue weighted by Crippen LogP contribution is -2.45. The lowest BCUT2D eigenvalue weighted by molar-refractivity contribution is -0.144. The molecule has 3 heterocycles. The fourth-order valence-electron chi connectivity index (χ4n) is 5.98. The first-order valence-electron chi connectivity index (χ1n) is 14.3. The number of aliphatic carboxylic acids is 1. The van der Waals surface area contributed by atoms with Crippen molar-refractivity contribution in [3.8, 4) is 5.75 Å². The van der Waals surface area contributed by atoms with Crippen molar-refractivity contribution < 1.29 is 19.4 Å². The molecule has 3 atom stereocenters. The summed E-state index contributed by atoms with van der Waals surface area (Å²) in [5.41, 5.74) is 7.63. The van der Waals surface area contributed by atoms with E-state index in [1.807, 2.05) is 21.9 Å². The second-order valence-corrected chi connectivity index (χ2v) is 10.7. The molecule has 1 amide bonds. The number of hydrogen-bond donors (Lipinski definition) is 2. The summed E-state index contributed by atoms with van der Waals surface area (Å²) in [4.78, 5) is 42.7. The molecule has 1 saturated heterocycles. The van der Waals surface area contributed by atoms with E-state index in [-0.39, 0.29) is 30.0 Å². The number of carboxylic acids is 1. The number of nitrogens with zero attached hydrogens (tertiary/aromatic N) is 3. The Morgan fingerprint density at radius 2 is 1.97 bits per heavy atom. The van der Waals surface area contributed by atoms with Gasteiger partial charge in [-0.3, -0.25) is 19.3 Å². The molecule has 3 N–H and O–H groups in total. The minimum atomic E-state index is -0.872. The SMILES string of the molecule is CCCCN(CCCCN)C(=O)CN1C[C@H](c2ccc3c(c2)CCO3)C(C(=O)O)[C@@H]1CCn1ccccc1=O. The van der Waals surface area contributed by atoms with Gasteiger partial charge >= 0.3 is 5.97 Å². The molecule has 0 saturated carbocycles. The first-order chi connectivity index (χ1) is 18.9. The molecule has 9 heteroatoms. The fraction of sp³-hybridized carbons (Fsp3) is 0.567. The topological polar surface area (TPSA) is 118 Å². The highest BCUT2D eigenvalue weighted by atomic mass is 16.5. The van der Waals surface area contributed by atoms with Gasteiger partial charge in [-0.15, -0.1) is 0 Å². The van der Waals surface area contributed by atoms with Crippen LogP contribution in [0.3, 0.4) is 0 Å². The second kappa shape index (κ2) is 13.8. The highest BCUT2D eigenvalue weighted by Crippen LogP contribution is 2.41. The summed E-state index contributed by atoms with van der Waals surface area (Å²) in [7, 11) is 0. The Kier molecular flexibility index (Phi) is 10.2. The van der Waals surface area contributed by atoms with Gasteiger partial charge in [-0.05, 0) is 55.5 Å². The number of carbonyl (C=O) groups excluding carboxylic acids is 1. The van der Waals surface area contributed by atoms with Crippen LogP contribution in [0.4, 0.5) is 0 Å². The second-order valence-electron chi connectivity index (χ2n) is 10.7. The van der Waals surface area contributed by atoms with Gasteiger partial charge in [-0.2, -0.15) is 0 Å². The number of carbonyl (C=O) groups is 2. The van der Waals surface area contributed by atoms with Crippen LogP contribution in [-0.4, -0.2) is 76.7 Å². The summed E-state index contributed by atoms with van der Waals surface area (Å²) in [6.07, 6.45) is 6.62. The van der Waals surface area contributed by atoms with E-state index in [1.54, 1.807) is 22.9 Å². The number of pyridine rings is 1. The van der Waals surface area contributed by atoms with Gasteiger partial charge in [-0.1, -0.05) is 31.5 Å². The largest absolute Gasteiger partial charge is 0.493 e. The maximum atomic E-state index is 13.6. The standard InChI is InChI=1S/C30H42N4O5/c1-2-3-14-32(16-7-5-13-31)28(36)21-34-20-24(22-9-10-26-23(19-22)12-18-39-26)29(30(37)38)25(34)11-17-33-15-6-4-8-27(33)35/h4,6,8-10,15,19,24-25,29H,2-3,5,7,11-14,16-18,20-21,31H2,1H3,(H,37,38)/t24-,25+,29?/m1/s1. The van der Waals surface area contributed by atoms with Crippen LogP contribution >= 0.6 is 0 Å². The summed E-state index contributed by atoms with van der Waals surface area (Å²) in [6, 6.07) is 10.6. The van der Waals surface area contributed by atoms with E-state index in [2.05, 4.69) is 13.0 Å². The number of amides is 1. The molecular weight excluding hydrogens is 496 g/mol. The Hall–Kier alpha value is -3.17. The Labute approximate surface area is 230 Å².